The zero-order chi connectivity index (χ0) is 14.2. The van der Waals surface area contributed by atoms with Crippen molar-refractivity contribution >= 4 is 22.6 Å². The average molecular weight is 382 g/mol. The third-order valence-electron chi connectivity index (χ3n) is 3.06. The molecule has 0 aliphatic carbocycles. The van der Waals surface area contributed by atoms with E-state index >= 15 is 0 Å². The van der Waals surface area contributed by atoms with Crippen molar-refractivity contribution in [2.75, 3.05) is 11.5 Å². The summed E-state index contributed by atoms with van der Waals surface area (Å²) in [6.45, 7) is 0.560. The maximum Gasteiger partial charge on any atom is 0.161 e. The first-order valence-corrected chi connectivity index (χ1v) is 8.25. The van der Waals surface area contributed by atoms with Gasteiger partial charge >= 0.3 is 0 Å². The predicted octanol–water partition coefficient (Wildman–Crippen LogP) is 4.64. The molecule has 0 saturated carbocycles. The molecule has 2 aromatic rings. The van der Waals surface area contributed by atoms with E-state index in [1.165, 1.54) is 16.4 Å². The molecule has 3 heteroatoms. The summed E-state index contributed by atoms with van der Waals surface area (Å²) < 4.78 is 12.4. The maximum absolute atomic E-state index is 5.85. The summed E-state index contributed by atoms with van der Waals surface area (Å²) in [6.07, 6.45) is 2.27. The van der Waals surface area contributed by atoms with E-state index in [9.17, 15) is 0 Å². The summed E-state index contributed by atoms with van der Waals surface area (Å²) in [4.78, 5) is 0. The van der Waals surface area contributed by atoms with Crippen molar-refractivity contribution in [1.82, 2.24) is 0 Å². The number of benzene rings is 2. The maximum atomic E-state index is 5.85. The van der Waals surface area contributed by atoms with Crippen LogP contribution >= 0.6 is 22.6 Å². The Morgan fingerprint density at radius 3 is 2.45 bits per heavy atom. The Balaban J connectivity index is 2.03. The quantitative estimate of drug-likeness (QED) is 0.513. The monoisotopic (exact) mass is 382 g/mol. The Labute approximate surface area is 134 Å². The van der Waals surface area contributed by atoms with E-state index < -0.39 is 0 Å². The molecule has 0 fully saturated rings. The van der Waals surface area contributed by atoms with Crippen LogP contribution in [0.15, 0.2) is 48.5 Å². The van der Waals surface area contributed by atoms with Crippen LogP contribution in [0.2, 0.25) is 0 Å². The van der Waals surface area contributed by atoms with Gasteiger partial charge in [-0.2, -0.15) is 0 Å². The molecule has 0 aliphatic heterocycles. The van der Waals surface area contributed by atoms with Gasteiger partial charge in [0, 0.05) is 0 Å². The summed E-state index contributed by atoms with van der Waals surface area (Å²) in [5.74, 6) is 1.61. The molecule has 2 aromatic carbocycles. The predicted molar refractivity (Wildman–Crippen MR) is 91.0 cm³/mol. The summed E-state index contributed by atoms with van der Waals surface area (Å²) in [6, 6.07) is 16.4. The molecule has 0 aromatic heterocycles. The minimum absolute atomic E-state index is 0.560. The molecular weight excluding hydrogens is 363 g/mol. The molecule has 0 N–H and O–H groups in total. The van der Waals surface area contributed by atoms with Crippen molar-refractivity contribution in [3.63, 3.8) is 0 Å². The summed E-state index contributed by atoms with van der Waals surface area (Å²) >= 11 is 2.40. The van der Waals surface area contributed by atoms with Gasteiger partial charge in [-0.1, -0.05) is 59.0 Å². The largest absolute Gasteiger partial charge is 0.493 e. The molecule has 0 heterocycles. The van der Waals surface area contributed by atoms with Crippen molar-refractivity contribution in [3.05, 3.63) is 59.7 Å². The van der Waals surface area contributed by atoms with Crippen LogP contribution in [0.25, 0.3) is 0 Å². The minimum atomic E-state index is 0.560. The van der Waals surface area contributed by atoms with Crippen LogP contribution in [0.4, 0.5) is 0 Å². The zero-order valence-electron chi connectivity index (χ0n) is 11.6. The second kappa shape index (κ2) is 8.15. The van der Waals surface area contributed by atoms with Gasteiger partial charge in [0.1, 0.15) is 6.61 Å². The molecule has 0 radical (unpaired) electrons. The lowest BCUT2D eigenvalue weighted by atomic mass is 10.1. The third-order valence-corrected chi connectivity index (χ3v) is 3.83. The Morgan fingerprint density at radius 1 is 0.950 bits per heavy atom. The van der Waals surface area contributed by atoms with E-state index in [0.717, 1.165) is 23.5 Å². The zero-order valence-corrected chi connectivity index (χ0v) is 13.8. The van der Waals surface area contributed by atoms with Gasteiger partial charge < -0.3 is 9.47 Å². The van der Waals surface area contributed by atoms with Crippen molar-refractivity contribution < 1.29 is 9.47 Å². The van der Waals surface area contributed by atoms with E-state index in [2.05, 4.69) is 46.9 Å². The molecule has 0 amide bonds. The standard InChI is InChI=1S/C17H19IO2/c1-19-17-12-14(8-5-11-18)9-10-16(17)20-13-15-6-3-2-4-7-15/h2-4,6-7,9-10,12H,5,8,11,13H2,1H3. The number of rotatable bonds is 7. The minimum Gasteiger partial charge on any atom is -0.493 e. The number of methoxy groups -OCH3 is 1. The fourth-order valence-corrected chi connectivity index (χ4v) is 2.37. The Bertz CT molecular complexity index is 526. The third kappa shape index (κ3) is 4.40. The van der Waals surface area contributed by atoms with Crippen LogP contribution in [-0.4, -0.2) is 11.5 Å². The number of hydrogen-bond acceptors (Lipinski definition) is 2. The molecule has 2 rings (SSSR count). The highest BCUT2D eigenvalue weighted by molar-refractivity contribution is 14.1. The van der Waals surface area contributed by atoms with Crippen LogP contribution in [0.1, 0.15) is 17.5 Å². The van der Waals surface area contributed by atoms with Crippen LogP contribution in [0, 0.1) is 0 Å². The Hall–Kier alpha value is -1.23. The highest BCUT2D eigenvalue weighted by Gasteiger charge is 2.06. The molecule has 0 spiro atoms. The van der Waals surface area contributed by atoms with E-state index in [-0.39, 0.29) is 0 Å². The summed E-state index contributed by atoms with van der Waals surface area (Å²) in [5.41, 5.74) is 2.45. The van der Waals surface area contributed by atoms with Gasteiger partial charge in [-0.05, 0) is 40.5 Å². The van der Waals surface area contributed by atoms with Gasteiger partial charge in [0.2, 0.25) is 0 Å². The van der Waals surface area contributed by atoms with Gasteiger partial charge in [0.15, 0.2) is 11.5 Å². The lowest BCUT2D eigenvalue weighted by molar-refractivity contribution is 0.284. The number of halogens is 1. The fraction of sp³-hybridized carbons (Fsp3) is 0.294. The Morgan fingerprint density at radius 2 is 1.75 bits per heavy atom. The lowest BCUT2D eigenvalue weighted by Crippen LogP contribution is -1.98. The van der Waals surface area contributed by atoms with Gasteiger partial charge in [0.05, 0.1) is 7.11 Å². The van der Waals surface area contributed by atoms with Crippen LogP contribution in [0.3, 0.4) is 0 Å². The van der Waals surface area contributed by atoms with Gasteiger partial charge in [0.25, 0.3) is 0 Å². The van der Waals surface area contributed by atoms with E-state index in [1.807, 2.05) is 24.3 Å². The molecule has 0 saturated heterocycles. The molecule has 2 nitrogen and oxygen atoms in total. The number of aryl methyl sites for hydroxylation is 1. The lowest BCUT2D eigenvalue weighted by Gasteiger charge is -2.12. The summed E-state index contributed by atoms with van der Waals surface area (Å²) in [5, 5.41) is 0. The van der Waals surface area contributed by atoms with E-state index in [4.69, 9.17) is 9.47 Å². The van der Waals surface area contributed by atoms with Crippen molar-refractivity contribution in [2.45, 2.75) is 19.4 Å². The smallest absolute Gasteiger partial charge is 0.161 e. The van der Waals surface area contributed by atoms with Gasteiger partial charge in [-0.3, -0.25) is 0 Å². The van der Waals surface area contributed by atoms with Gasteiger partial charge in [-0.15, -0.1) is 0 Å². The number of hydrogen-bond donors (Lipinski definition) is 0. The van der Waals surface area contributed by atoms with Gasteiger partial charge in [-0.25, -0.2) is 0 Å². The number of alkyl halides is 1. The molecule has 106 valence electrons. The summed E-state index contributed by atoms with van der Waals surface area (Å²) in [7, 11) is 1.69. The highest BCUT2D eigenvalue weighted by atomic mass is 127. The molecular formula is C17H19IO2. The Kier molecular flexibility index (Phi) is 6.18. The molecule has 0 atom stereocenters. The molecule has 20 heavy (non-hydrogen) atoms. The normalized spacial score (nSPS) is 10.3. The second-order valence-electron chi connectivity index (χ2n) is 4.55. The second-order valence-corrected chi connectivity index (χ2v) is 5.63. The highest BCUT2D eigenvalue weighted by Crippen LogP contribution is 2.29. The van der Waals surface area contributed by atoms with Crippen LogP contribution in [0.5, 0.6) is 11.5 Å². The molecule has 0 unspecified atom stereocenters. The first-order chi connectivity index (χ1) is 9.83. The first kappa shape index (κ1) is 15.2. The van der Waals surface area contributed by atoms with E-state index in [1.54, 1.807) is 7.11 Å². The van der Waals surface area contributed by atoms with Crippen LogP contribution in [-0.2, 0) is 13.0 Å². The van der Waals surface area contributed by atoms with Crippen LogP contribution < -0.4 is 9.47 Å². The molecule has 0 aliphatic rings. The fourth-order valence-electron chi connectivity index (χ4n) is 1.99. The average Bonchev–Trinajstić information content (AvgIpc) is 2.52. The van der Waals surface area contributed by atoms with Crippen molar-refractivity contribution in [3.8, 4) is 11.5 Å². The van der Waals surface area contributed by atoms with Crippen molar-refractivity contribution in [1.29, 1.82) is 0 Å². The first-order valence-electron chi connectivity index (χ1n) is 6.73. The van der Waals surface area contributed by atoms with E-state index in [0.29, 0.717) is 6.61 Å². The van der Waals surface area contributed by atoms with Crippen molar-refractivity contribution in [2.24, 2.45) is 0 Å². The molecule has 0 bridgehead atoms. The SMILES string of the molecule is COc1cc(CCCI)ccc1OCc1ccccc1. The number of ether oxygens (including phenoxy) is 2. The topological polar surface area (TPSA) is 18.5 Å².